The molecule has 24 heavy (non-hydrogen) atoms. The van der Waals surface area contributed by atoms with E-state index in [1.807, 2.05) is 30.3 Å². The zero-order valence-corrected chi connectivity index (χ0v) is 15.2. The molecule has 0 aliphatic carbocycles. The van der Waals surface area contributed by atoms with Gasteiger partial charge in [-0.3, -0.25) is 0 Å². The van der Waals surface area contributed by atoms with E-state index in [1.165, 1.54) is 6.42 Å². The van der Waals surface area contributed by atoms with Crippen LogP contribution < -0.4 is 9.64 Å². The van der Waals surface area contributed by atoms with E-state index in [4.69, 9.17) is 16.3 Å². The fourth-order valence-electron chi connectivity index (χ4n) is 3.19. The normalized spacial score (nSPS) is 12.8. The first kappa shape index (κ1) is 17.1. The van der Waals surface area contributed by atoms with Crippen molar-refractivity contribution in [1.29, 1.82) is 0 Å². The zero-order valence-electron chi connectivity index (χ0n) is 14.5. The van der Waals surface area contributed by atoms with Crippen LogP contribution in [-0.2, 0) is 0 Å². The highest BCUT2D eigenvalue weighted by atomic mass is 35.5. The van der Waals surface area contributed by atoms with Crippen molar-refractivity contribution in [2.24, 2.45) is 0 Å². The van der Waals surface area contributed by atoms with E-state index in [0.717, 1.165) is 60.5 Å². The first-order valence-corrected chi connectivity index (χ1v) is 9.17. The third-order valence-electron chi connectivity index (χ3n) is 4.59. The Hall–Kier alpha value is -1.71. The lowest BCUT2D eigenvalue weighted by atomic mass is 10.1. The summed E-state index contributed by atoms with van der Waals surface area (Å²) in [6, 6.07) is 14.0. The van der Waals surface area contributed by atoms with E-state index in [-0.39, 0.29) is 0 Å². The highest BCUT2D eigenvalue weighted by molar-refractivity contribution is 6.31. The molecule has 0 N–H and O–H groups in total. The van der Waals surface area contributed by atoms with Crippen molar-refractivity contribution in [3.05, 3.63) is 47.5 Å². The van der Waals surface area contributed by atoms with Gasteiger partial charge in [0.1, 0.15) is 0 Å². The maximum absolute atomic E-state index is 6.22. The molecule has 0 radical (unpaired) electrons. The van der Waals surface area contributed by atoms with Gasteiger partial charge < -0.3 is 14.5 Å². The van der Waals surface area contributed by atoms with Crippen LogP contribution in [-0.4, -0.2) is 31.1 Å². The molecule has 1 aliphatic rings. The second kappa shape index (κ2) is 7.91. The Balaban J connectivity index is 1.75. The van der Waals surface area contributed by atoms with Gasteiger partial charge in [-0.25, -0.2) is 0 Å². The molecule has 3 nitrogen and oxygen atoms in total. The molecule has 0 atom stereocenters. The summed E-state index contributed by atoms with van der Waals surface area (Å²) in [7, 11) is 0. The van der Waals surface area contributed by atoms with Crippen LogP contribution in [0.2, 0.25) is 5.02 Å². The van der Waals surface area contributed by atoms with Crippen molar-refractivity contribution in [3.63, 3.8) is 0 Å². The van der Waals surface area contributed by atoms with E-state index in [0.29, 0.717) is 0 Å². The van der Waals surface area contributed by atoms with Crippen LogP contribution in [0.4, 0.5) is 11.4 Å². The van der Waals surface area contributed by atoms with Crippen molar-refractivity contribution in [3.8, 4) is 11.5 Å². The Morgan fingerprint density at radius 1 is 0.958 bits per heavy atom. The molecule has 3 rings (SSSR count). The summed E-state index contributed by atoms with van der Waals surface area (Å²) in [6.45, 7) is 8.81. The summed E-state index contributed by atoms with van der Waals surface area (Å²) in [6.07, 6.45) is 2.33. The number of fused-ring (bicyclic) bond motifs is 2. The van der Waals surface area contributed by atoms with Gasteiger partial charge in [0.05, 0.1) is 11.4 Å². The quantitative estimate of drug-likeness (QED) is 0.598. The smallest absolute Gasteiger partial charge is 0.151 e. The molecule has 2 aromatic rings. The SMILES string of the molecule is CCN(CC)CCCCN1c2ccccc2Oc2ccc(Cl)cc21. The van der Waals surface area contributed by atoms with Gasteiger partial charge in [-0.1, -0.05) is 37.6 Å². The van der Waals surface area contributed by atoms with Crippen molar-refractivity contribution >= 4 is 23.0 Å². The number of anilines is 2. The minimum Gasteiger partial charge on any atom is -0.453 e. The summed E-state index contributed by atoms with van der Waals surface area (Å²) in [5.41, 5.74) is 2.18. The first-order chi connectivity index (χ1) is 11.7. The summed E-state index contributed by atoms with van der Waals surface area (Å²) >= 11 is 6.22. The number of rotatable bonds is 7. The number of halogens is 1. The zero-order chi connectivity index (χ0) is 16.9. The maximum atomic E-state index is 6.22. The van der Waals surface area contributed by atoms with Crippen LogP contribution in [0, 0.1) is 0 Å². The van der Waals surface area contributed by atoms with E-state index in [9.17, 15) is 0 Å². The van der Waals surface area contributed by atoms with Crippen LogP contribution in [0.5, 0.6) is 11.5 Å². The Morgan fingerprint density at radius 2 is 1.71 bits per heavy atom. The number of ether oxygens (including phenoxy) is 1. The van der Waals surface area contributed by atoms with Crippen molar-refractivity contribution in [1.82, 2.24) is 4.90 Å². The van der Waals surface area contributed by atoms with Gasteiger partial charge in [0, 0.05) is 11.6 Å². The van der Waals surface area contributed by atoms with E-state index in [2.05, 4.69) is 35.8 Å². The largest absolute Gasteiger partial charge is 0.453 e. The number of unbranched alkanes of at least 4 members (excludes halogenated alkanes) is 1. The standard InChI is InChI=1S/C20H25ClN2O/c1-3-22(4-2)13-7-8-14-23-17-9-5-6-10-19(17)24-20-12-11-16(21)15-18(20)23/h5-6,9-12,15H,3-4,7-8,13-14H2,1-2H3. The Labute approximate surface area is 149 Å². The molecule has 0 spiro atoms. The number of hydrogen-bond acceptors (Lipinski definition) is 3. The van der Waals surface area contributed by atoms with Crippen LogP contribution >= 0.6 is 11.6 Å². The molecule has 128 valence electrons. The van der Waals surface area contributed by atoms with Gasteiger partial charge in [-0.15, -0.1) is 0 Å². The molecule has 0 saturated carbocycles. The highest BCUT2D eigenvalue weighted by Gasteiger charge is 2.23. The molecule has 2 aromatic carbocycles. The van der Waals surface area contributed by atoms with Gasteiger partial charge >= 0.3 is 0 Å². The first-order valence-electron chi connectivity index (χ1n) is 8.79. The van der Waals surface area contributed by atoms with Crippen LogP contribution in [0.1, 0.15) is 26.7 Å². The maximum Gasteiger partial charge on any atom is 0.151 e. The lowest BCUT2D eigenvalue weighted by Gasteiger charge is -2.33. The van der Waals surface area contributed by atoms with Crippen LogP contribution in [0.3, 0.4) is 0 Å². The van der Waals surface area contributed by atoms with Gasteiger partial charge in [-0.05, 0) is 62.8 Å². The number of benzene rings is 2. The minimum absolute atomic E-state index is 0.741. The summed E-state index contributed by atoms with van der Waals surface area (Å²) in [5, 5.41) is 0.741. The minimum atomic E-state index is 0.741. The predicted molar refractivity (Wildman–Crippen MR) is 102 cm³/mol. The summed E-state index contributed by atoms with van der Waals surface area (Å²) in [4.78, 5) is 4.81. The van der Waals surface area contributed by atoms with Crippen LogP contribution in [0.25, 0.3) is 0 Å². The lowest BCUT2D eigenvalue weighted by Crippen LogP contribution is -2.26. The summed E-state index contributed by atoms with van der Waals surface area (Å²) < 4.78 is 6.03. The predicted octanol–water partition coefficient (Wildman–Crippen LogP) is 5.71. The molecule has 4 heteroatoms. The van der Waals surface area contributed by atoms with Crippen molar-refractivity contribution in [2.75, 3.05) is 31.1 Å². The van der Waals surface area contributed by atoms with Crippen molar-refractivity contribution < 1.29 is 4.74 Å². The average Bonchev–Trinajstić information content (AvgIpc) is 2.61. The Kier molecular flexibility index (Phi) is 5.64. The molecule has 0 fully saturated rings. The molecular formula is C20H25ClN2O. The highest BCUT2D eigenvalue weighted by Crippen LogP contribution is 2.47. The third kappa shape index (κ3) is 3.68. The number of hydrogen-bond donors (Lipinski definition) is 0. The van der Waals surface area contributed by atoms with Gasteiger partial charge in [0.2, 0.25) is 0 Å². The molecular weight excluding hydrogens is 320 g/mol. The Bertz CT molecular complexity index is 685. The molecule has 0 amide bonds. The van der Waals surface area contributed by atoms with Gasteiger partial charge in [0.25, 0.3) is 0 Å². The Morgan fingerprint density at radius 3 is 2.50 bits per heavy atom. The average molecular weight is 345 g/mol. The van der Waals surface area contributed by atoms with E-state index in [1.54, 1.807) is 0 Å². The fourth-order valence-corrected chi connectivity index (χ4v) is 3.35. The topological polar surface area (TPSA) is 15.7 Å². The number of nitrogens with zero attached hydrogens (tertiary/aromatic N) is 2. The molecule has 0 saturated heterocycles. The third-order valence-corrected chi connectivity index (χ3v) is 4.82. The van der Waals surface area contributed by atoms with Gasteiger partial charge in [-0.2, -0.15) is 0 Å². The van der Waals surface area contributed by atoms with Crippen molar-refractivity contribution in [2.45, 2.75) is 26.7 Å². The van der Waals surface area contributed by atoms with Gasteiger partial charge in [0.15, 0.2) is 11.5 Å². The summed E-state index contributed by atoms with van der Waals surface area (Å²) in [5.74, 6) is 1.79. The molecule has 1 aliphatic heterocycles. The lowest BCUT2D eigenvalue weighted by molar-refractivity contribution is 0.297. The second-order valence-electron chi connectivity index (χ2n) is 6.07. The van der Waals surface area contributed by atoms with E-state index < -0.39 is 0 Å². The monoisotopic (exact) mass is 344 g/mol. The molecule has 0 aromatic heterocycles. The fraction of sp³-hybridized carbons (Fsp3) is 0.400. The molecule has 0 bridgehead atoms. The van der Waals surface area contributed by atoms with Crippen LogP contribution in [0.15, 0.2) is 42.5 Å². The number of para-hydroxylation sites is 2. The second-order valence-corrected chi connectivity index (χ2v) is 6.50. The van der Waals surface area contributed by atoms with E-state index >= 15 is 0 Å². The molecule has 0 unspecified atom stereocenters. The molecule has 1 heterocycles.